The van der Waals surface area contributed by atoms with Gasteiger partial charge in [-0.3, -0.25) is 9.69 Å². The van der Waals surface area contributed by atoms with Crippen LogP contribution in [0.1, 0.15) is 23.9 Å². The first-order chi connectivity index (χ1) is 13.2. The molecule has 1 saturated heterocycles. The lowest BCUT2D eigenvalue weighted by Gasteiger charge is -2.37. The van der Waals surface area contributed by atoms with Crippen LogP contribution >= 0.6 is 12.4 Å². The number of carbonyl (C=O) groups excluding carboxylic acids is 1. The lowest BCUT2D eigenvalue weighted by atomic mass is 10.0. The molecule has 1 fully saturated rings. The van der Waals surface area contributed by atoms with E-state index >= 15 is 0 Å². The van der Waals surface area contributed by atoms with Gasteiger partial charge in [-0.25, -0.2) is 4.98 Å². The minimum atomic E-state index is 0. The molecule has 1 amide bonds. The Bertz CT molecular complexity index is 825. The summed E-state index contributed by atoms with van der Waals surface area (Å²) in [6, 6.07) is 6.12. The Balaban J connectivity index is 0.00000225. The van der Waals surface area contributed by atoms with E-state index in [9.17, 15) is 4.79 Å². The van der Waals surface area contributed by atoms with Gasteiger partial charge in [-0.05, 0) is 36.6 Å². The summed E-state index contributed by atoms with van der Waals surface area (Å²) in [5, 5.41) is 3.43. The van der Waals surface area contributed by atoms with Crippen LogP contribution < -0.4 is 15.0 Å². The minimum absolute atomic E-state index is 0. The standard InChI is InChI=1S/C20H27N5O2.ClH/c1-23-10-8-22-20(23)18-13-21-7-11-24(18)14-19(26)25-9-3-4-15-12-16(27-2)5-6-17(15)25;/h5-6,8,10,12,18,21H,3-4,7,9,11,13-14H2,1-2H3;1H. The van der Waals surface area contributed by atoms with E-state index in [0.29, 0.717) is 6.54 Å². The van der Waals surface area contributed by atoms with E-state index in [1.807, 2.05) is 41.0 Å². The summed E-state index contributed by atoms with van der Waals surface area (Å²) >= 11 is 0. The number of methoxy groups -OCH3 is 1. The van der Waals surface area contributed by atoms with Crippen LogP contribution in [0.5, 0.6) is 5.75 Å². The normalized spacial score (nSPS) is 19.6. The number of nitrogens with one attached hydrogen (secondary N) is 1. The van der Waals surface area contributed by atoms with Crippen molar-refractivity contribution in [3.8, 4) is 5.75 Å². The zero-order valence-corrected chi connectivity index (χ0v) is 17.2. The van der Waals surface area contributed by atoms with Crippen molar-refractivity contribution < 1.29 is 9.53 Å². The van der Waals surface area contributed by atoms with E-state index in [4.69, 9.17) is 4.74 Å². The van der Waals surface area contributed by atoms with Gasteiger partial charge in [0, 0.05) is 51.3 Å². The Hall–Kier alpha value is -2.09. The molecule has 0 aliphatic carbocycles. The zero-order chi connectivity index (χ0) is 18.8. The molecule has 0 saturated carbocycles. The highest BCUT2D eigenvalue weighted by atomic mass is 35.5. The fraction of sp³-hybridized carbons (Fsp3) is 0.500. The second-order valence-corrected chi connectivity index (χ2v) is 7.23. The van der Waals surface area contributed by atoms with Crippen LogP contribution in [0, 0.1) is 0 Å². The Morgan fingerprint density at radius 2 is 2.21 bits per heavy atom. The van der Waals surface area contributed by atoms with Crippen molar-refractivity contribution in [3.05, 3.63) is 42.0 Å². The third-order valence-corrected chi connectivity index (χ3v) is 5.56. The third kappa shape index (κ3) is 4.01. The number of nitrogens with zero attached hydrogens (tertiary/aromatic N) is 4. The van der Waals surface area contributed by atoms with E-state index in [1.165, 1.54) is 5.56 Å². The summed E-state index contributed by atoms with van der Waals surface area (Å²) in [4.78, 5) is 21.9. The predicted octanol–water partition coefficient (Wildman–Crippen LogP) is 1.78. The molecule has 4 rings (SSSR count). The average molecular weight is 406 g/mol. The van der Waals surface area contributed by atoms with Crippen LogP contribution in [-0.4, -0.2) is 60.2 Å². The van der Waals surface area contributed by atoms with Crippen molar-refractivity contribution in [1.82, 2.24) is 19.8 Å². The van der Waals surface area contributed by atoms with Crippen LogP contribution in [-0.2, 0) is 18.3 Å². The number of hydrogen-bond donors (Lipinski definition) is 1. The molecule has 1 N–H and O–H groups in total. The van der Waals surface area contributed by atoms with E-state index in [2.05, 4.69) is 21.3 Å². The number of aromatic nitrogens is 2. The SMILES string of the molecule is COc1ccc2c(c1)CCCN2C(=O)CN1CCNCC1c1nccn1C.Cl. The third-order valence-electron chi connectivity index (χ3n) is 5.56. The predicted molar refractivity (Wildman–Crippen MR) is 111 cm³/mol. The number of fused-ring (bicyclic) bond motifs is 1. The maximum Gasteiger partial charge on any atom is 0.241 e. The number of piperazine rings is 1. The molecule has 0 bridgehead atoms. The Morgan fingerprint density at radius 1 is 1.36 bits per heavy atom. The number of halogens is 1. The van der Waals surface area contributed by atoms with Crippen molar-refractivity contribution in [1.29, 1.82) is 0 Å². The van der Waals surface area contributed by atoms with Gasteiger partial charge < -0.3 is 19.5 Å². The van der Waals surface area contributed by atoms with Crippen molar-refractivity contribution in [3.63, 3.8) is 0 Å². The smallest absolute Gasteiger partial charge is 0.241 e. The second kappa shape index (κ2) is 8.94. The first-order valence-electron chi connectivity index (χ1n) is 9.56. The summed E-state index contributed by atoms with van der Waals surface area (Å²) in [6.07, 6.45) is 5.74. The number of amides is 1. The molecule has 2 aromatic rings. The second-order valence-electron chi connectivity index (χ2n) is 7.23. The van der Waals surface area contributed by atoms with Crippen LogP contribution in [0.4, 0.5) is 5.69 Å². The van der Waals surface area contributed by atoms with Crippen molar-refractivity contribution >= 4 is 24.0 Å². The summed E-state index contributed by atoms with van der Waals surface area (Å²) in [5.74, 6) is 2.00. The molecular formula is C20H28ClN5O2. The number of hydrogen-bond acceptors (Lipinski definition) is 5. The van der Waals surface area contributed by atoms with Gasteiger partial charge in [0.25, 0.3) is 0 Å². The van der Waals surface area contributed by atoms with Crippen molar-refractivity contribution in [2.24, 2.45) is 7.05 Å². The van der Waals surface area contributed by atoms with Crippen LogP contribution in [0.2, 0.25) is 0 Å². The summed E-state index contributed by atoms with van der Waals surface area (Å²) in [5.41, 5.74) is 2.21. The number of aryl methyl sites for hydroxylation is 2. The molecule has 2 aliphatic heterocycles. The maximum atomic E-state index is 13.2. The van der Waals surface area contributed by atoms with E-state index in [-0.39, 0.29) is 24.4 Å². The molecule has 0 radical (unpaired) electrons. The number of rotatable bonds is 4. The number of benzene rings is 1. The van der Waals surface area contributed by atoms with Gasteiger partial charge in [0.1, 0.15) is 11.6 Å². The number of anilines is 1. The molecule has 1 aromatic heterocycles. The number of carbonyl (C=O) groups is 1. The summed E-state index contributed by atoms with van der Waals surface area (Å²) in [7, 11) is 3.68. The molecule has 1 atom stereocenters. The summed E-state index contributed by atoms with van der Waals surface area (Å²) in [6.45, 7) is 3.72. The van der Waals surface area contributed by atoms with E-state index < -0.39 is 0 Å². The quantitative estimate of drug-likeness (QED) is 0.840. The lowest BCUT2D eigenvalue weighted by Crippen LogP contribution is -2.51. The molecule has 3 heterocycles. The highest BCUT2D eigenvalue weighted by Crippen LogP contribution is 2.31. The van der Waals surface area contributed by atoms with Crippen molar-refractivity contribution in [2.45, 2.75) is 18.9 Å². The largest absolute Gasteiger partial charge is 0.497 e. The minimum Gasteiger partial charge on any atom is -0.497 e. The first kappa shape index (κ1) is 20.6. The average Bonchev–Trinajstić information content (AvgIpc) is 3.13. The van der Waals surface area contributed by atoms with Crippen LogP contribution in [0.25, 0.3) is 0 Å². The highest BCUT2D eigenvalue weighted by Gasteiger charge is 2.31. The van der Waals surface area contributed by atoms with E-state index in [1.54, 1.807) is 7.11 Å². The first-order valence-corrected chi connectivity index (χ1v) is 9.56. The molecule has 2 aliphatic rings. The van der Waals surface area contributed by atoms with Crippen LogP contribution in [0.15, 0.2) is 30.6 Å². The fourth-order valence-electron chi connectivity index (χ4n) is 4.11. The molecule has 152 valence electrons. The topological polar surface area (TPSA) is 62.6 Å². The van der Waals surface area contributed by atoms with Crippen LogP contribution in [0.3, 0.4) is 0 Å². The molecule has 1 aromatic carbocycles. The Morgan fingerprint density at radius 3 is 2.96 bits per heavy atom. The van der Waals surface area contributed by atoms with E-state index in [0.717, 1.165) is 56.3 Å². The van der Waals surface area contributed by atoms with Gasteiger partial charge in [0.15, 0.2) is 0 Å². The number of ether oxygens (including phenoxy) is 1. The maximum absolute atomic E-state index is 13.2. The van der Waals surface area contributed by atoms with Gasteiger partial charge in [0.2, 0.25) is 5.91 Å². The van der Waals surface area contributed by atoms with Gasteiger partial charge in [0.05, 0.1) is 19.7 Å². The van der Waals surface area contributed by atoms with Gasteiger partial charge >= 0.3 is 0 Å². The Labute approximate surface area is 172 Å². The lowest BCUT2D eigenvalue weighted by molar-refractivity contribution is -0.120. The van der Waals surface area contributed by atoms with Gasteiger partial charge in [-0.1, -0.05) is 0 Å². The highest BCUT2D eigenvalue weighted by molar-refractivity contribution is 5.96. The molecule has 8 heteroatoms. The number of imidazole rings is 1. The molecule has 1 unspecified atom stereocenters. The van der Waals surface area contributed by atoms with Gasteiger partial charge in [-0.15, -0.1) is 12.4 Å². The van der Waals surface area contributed by atoms with Crippen molar-refractivity contribution in [2.75, 3.05) is 44.7 Å². The zero-order valence-electron chi connectivity index (χ0n) is 16.4. The molecule has 0 spiro atoms. The molecule has 28 heavy (non-hydrogen) atoms. The Kier molecular flexibility index (Phi) is 6.59. The van der Waals surface area contributed by atoms with Gasteiger partial charge in [-0.2, -0.15) is 0 Å². The monoisotopic (exact) mass is 405 g/mol. The molecule has 7 nitrogen and oxygen atoms in total. The molecular weight excluding hydrogens is 378 g/mol. The fourth-order valence-corrected chi connectivity index (χ4v) is 4.11. The summed E-state index contributed by atoms with van der Waals surface area (Å²) < 4.78 is 7.38.